The Bertz CT molecular complexity index is 921. The molecule has 0 amide bonds. The first kappa shape index (κ1) is 64.9. The van der Waals surface area contributed by atoms with Gasteiger partial charge >= 0.3 is 11.9 Å². The Labute approximate surface area is 414 Å². The summed E-state index contributed by atoms with van der Waals surface area (Å²) < 4.78 is 17.5. The molecule has 66 heavy (non-hydrogen) atoms. The highest BCUT2D eigenvalue weighted by molar-refractivity contribution is 5.70. The molecule has 5 nitrogen and oxygen atoms in total. The molecule has 0 aromatic carbocycles. The van der Waals surface area contributed by atoms with Gasteiger partial charge < -0.3 is 14.2 Å². The second-order valence-corrected chi connectivity index (χ2v) is 21.0. The Kier molecular flexibility index (Phi) is 57.2. The minimum atomic E-state index is -0.524. The van der Waals surface area contributed by atoms with E-state index in [0.717, 1.165) is 32.1 Å². The van der Waals surface area contributed by atoms with E-state index in [4.69, 9.17) is 14.2 Å². The van der Waals surface area contributed by atoms with Crippen LogP contribution in [0.15, 0.2) is 0 Å². The average Bonchev–Trinajstić information content (AvgIpc) is 3.32. The van der Waals surface area contributed by atoms with Crippen LogP contribution < -0.4 is 0 Å². The van der Waals surface area contributed by atoms with E-state index < -0.39 is 6.10 Å². The lowest BCUT2D eigenvalue weighted by Gasteiger charge is -2.18. The maximum absolute atomic E-state index is 12.9. The van der Waals surface area contributed by atoms with Crippen molar-refractivity contribution in [2.45, 2.75) is 361 Å². The smallest absolute Gasteiger partial charge is 0.306 e. The second-order valence-electron chi connectivity index (χ2n) is 21.0. The molecule has 0 bridgehead atoms. The summed E-state index contributed by atoms with van der Waals surface area (Å²) in [5.74, 6) is -0.362. The molecule has 1 atom stereocenters. The topological polar surface area (TPSA) is 61.8 Å². The van der Waals surface area contributed by atoms with Gasteiger partial charge in [-0.1, -0.05) is 323 Å². The Morgan fingerprint density at radius 1 is 0.273 bits per heavy atom. The van der Waals surface area contributed by atoms with E-state index in [1.165, 1.54) is 289 Å². The van der Waals surface area contributed by atoms with Crippen molar-refractivity contribution in [3.05, 3.63) is 0 Å². The molecule has 0 saturated carbocycles. The van der Waals surface area contributed by atoms with Crippen LogP contribution in [-0.4, -0.2) is 37.9 Å². The molecule has 0 rings (SSSR count). The molecular weight excluding hydrogens is 813 g/mol. The van der Waals surface area contributed by atoms with E-state index >= 15 is 0 Å². The summed E-state index contributed by atoms with van der Waals surface area (Å²) in [5.41, 5.74) is 0. The van der Waals surface area contributed by atoms with Crippen LogP contribution >= 0.6 is 0 Å². The molecule has 0 aromatic rings. The van der Waals surface area contributed by atoms with Gasteiger partial charge in [-0.25, -0.2) is 0 Å². The fourth-order valence-electron chi connectivity index (χ4n) is 9.57. The van der Waals surface area contributed by atoms with Crippen LogP contribution in [-0.2, 0) is 23.8 Å². The van der Waals surface area contributed by atoms with Crippen molar-refractivity contribution in [2.75, 3.05) is 19.8 Å². The van der Waals surface area contributed by atoms with Gasteiger partial charge in [0.25, 0.3) is 0 Å². The molecule has 0 aliphatic heterocycles. The minimum absolute atomic E-state index is 0.0987. The fourth-order valence-corrected chi connectivity index (χ4v) is 9.57. The molecule has 0 N–H and O–H groups in total. The lowest BCUT2D eigenvalue weighted by Crippen LogP contribution is -2.30. The van der Waals surface area contributed by atoms with Crippen LogP contribution in [0, 0.1) is 0 Å². The van der Waals surface area contributed by atoms with Gasteiger partial charge in [0.2, 0.25) is 0 Å². The predicted octanol–water partition coefficient (Wildman–Crippen LogP) is 20.8. The van der Waals surface area contributed by atoms with Crippen LogP contribution in [0.1, 0.15) is 355 Å². The summed E-state index contributed by atoms with van der Waals surface area (Å²) in [6.45, 7) is 7.94. The number of unbranched alkanes of at least 4 members (excludes halogenated alkanes) is 47. The Morgan fingerprint density at radius 3 is 0.773 bits per heavy atom. The Hall–Kier alpha value is -1.10. The second kappa shape index (κ2) is 58.2. The largest absolute Gasteiger partial charge is 0.462 e. The van der Waals surface area contributed by atoms with Gasteiger partial charge in [0.05, 0.1) is 6.61 Å². The van der Waals surface area contributed by atoms with Crippen LogP contribution in [0.25, 0.3) is 0 Å². The number of ether oxygens (including phenoxy) is 3. The first-order valence-electron chi connectivity index (χ1n) is 30.6. The molecule has 0 aromatic heterocycles. The number of hydrogen-bond acceptors (Lipinski definition) is 5. The zero-order valence-corrected chi connectivity index (χ0v) is 45.5. The molecule has 0 aliphatic carbocycles. The minimum Gasteiger partial charge on any atom is -0.462 e. The first-order chi connectivity index (χ1) is 32.6. The van der Waals surface area contributed by atoms with E-state index in [0.29, 0.717) is 26.1 Å². The standard InChI is InChI=1S/C61H120O5/c1-4-7-10-13-16-19-22-25-28-31-33-36-39-42-45-48-51-54-60(62)65-58-59(57-64-56-53-50-47-44-41-38-35-30-27-24-21-18-15-12-9-6-3)66-61(63)55-52-49-46-43-40-37-34-32-29-26-23-20-17-14-11-8-5-2/h59H,4-58H2,1-3H3/t59-/m1/s1. The van der Waals surface area contributed by atoms with Gasteiger partial charge in [0.15, 0.2) is 6.10 Å². The number of esters is 2. The molecule has 5 heteroatoms. The third-order valence-electron chi connectivity index (χ3n) is 14.1. The van der Waals surface area contributed by atoms with Crippen molar-refractivity contribution in [3.63, 3.8) is 0 Å². The van der Waals surface area contributed by atoms with Crippen LogP contribution in [0.4, 0.5) is 0 Å². The number of carbonyl (C=O) groups excluding carboxylic acids is 2. The van der Waals surface area contributed by atoms with Crippen LogP contribution in [0.5, 0.6) is 0 Å². The number of carbonyl (C=O) groups is 2. The maximum atomic E-state index is 12.9. The SMILES string of the molecule is CCCCCCCCCCCCCCCCCCCC(=O)OC[C@@H](COCCCCCCCCCCCCCCCCCC)OC(=O)CCCCCCCCCCCCCCCCCCC. The van der Waals surface area contributed by atoms with E-state index in [1.807, 2.05) is 0 Å². The van der Waals surface area contributed by atoms with Gasteiger partial charge in [-0.15, -0.1) is 0 Å². The van der Waals surface area contributed by atoms with Crippen LogP contribution in [0.3, 0.4) is 0 Å². The highest BCUT2D eigenvalue weighted by atomic mass is 16.6. The molecule has 394 valence electrons. The molecule has 0 spiro atoms. The molecule has 0 radical (unpaired) electrons. The summed E-state index contributed by atoms with van der Waals surface area (Å²) in [5, 5.41) is 0. The molecule has 0 aliphatic rings. The summed E-state index contributed by atoms with van der Waals surface area (Å²) in [6.07, 6.45) is 67.0. The Balaban J connectivity index is 4.18. The number of hydrogen-bond donors (Lipinski definition) is 0. The predicted molar refractivity (Wildman–Crippen MR) is 289 cm³/mol. The third-order valence-corrected chi connectivity index (χ3v) is 14.1. The lowest BCUT2D eigenvalue weighted by molar-refractivity contribution is -0.163. The number of rotatable bonds is 58. The molecule has 0 saturated heterocycles. The molecular formula is C61H120O5. The third kappa shape index (κ3) is 55.5. The van der Waals surface area contributed by atoms with E-state index in [-0.39, 0.29) is 18.5 Å². The summed E-state index contributed by atoms with van der Waals surface area (Å²) in [7, 11) is 0. The van der Waals surface area contributed by atoms with E-state index in [1.54, 1.807) is 0 Å². The highest BCUT2D eigenvalue weighted by Crippen LogP contribution is 2.18. The van der Waals surface area contributed by atoms with E-state index in [2.05, 4.69) is 20.8 Å². The van der Waals surface area contributed by atoms with E-state index in [9.17, 15) is 9.59 Å². The van der Waals surface area contributed by atoms with Crippen molar-refractivity contribution in [3.8, 4) is 0 Å². The monoisotopic (exact) mass is 933 g/mol. The van der Waals surface area contributed by atoms with Gasteiger partial charge in [-0.3, -0.25) is 9.59 Å². The van der Waals surface area contributed by atoms with Crippen molar-refractivity contribution in [2.24, 2.45) is 0 Å². The summed E-state index contributed by atoms with van der Waals surface area (Å²) in [4.78, 5) is 25.6. The first-order valence-corrected chi connectivity index (χ1v) is 30.6. The van der Waals surface area contributed by atoms with Crippen molar-refractivity contribution in [1.29, 1.82) is 0 Å². The quantitative estimate of drug-likeness (QED) is 0.0449. The summed E-state index contributed by atoms with van der Waals surface area (Å²) in [6, 6.07) is 0. The van der Waals surface area contributed by atoms with Crippen molar-refractivity contribution >= 4 is 11.9 Å². The van der Waals surface area contributed by atoms with Crippen LogP contribution in [0.2, 0.25) is 0 Å². The summed E-state index contributed by atoms with van der Waals surface area (Å²) >= 11 is 0. The molecule has 0 fully saturated rings. The van der Waals surface area contributed by atoms with Gasteiger partial charge in [-0.2, -0.15) is 0 Å². The highest BCUT2D eigenvalue weighted by Gasteiger charge is 2.18. The zero-order chi connectivity index (χ0) is 47.7. The zero-order valence-electron chi connectivity index (χ0n) is 45.5. The average molecular weight is 934 g/mol. The lowest BCUT2D eigenvalue weighted by atomic mass is 10.0. The normalized spacial score (nSPS) is 12.0. The van der Waals surface area contributed by atoms with Crippen molar-refractivity contribution in [1.82, 2.24) is 0 Å². The van der Waals surface area contributed by atoms with Gasteiger partial charge in [-0.05, 0) is 19.3 Å². The fraction of sp³-hybridized carbons (Fsp3) is 0.967. The molecule has 0 unspecified atom stereocenters. The van der Waals surface area contributed by atoms with Gasteiger partial charge in [0.1, 0.15) is 6.61 Å². The molecule has 0 heterocycles. The van der Waals surface area contributed by atoms with Gasteiger partial charge in [0, 0.05) is 19.4 Å². The maximum Gasteiger partial charge on any atom is 0.306 e. The Morgan fingerprint density at radius 2 is 0.500 bits per heavy atom. The van der Waals surface area contributed by atoms with Crippen molar-refractivity contribution < 1.29 is 23.8 Å².